The van der Waals surface area contributed by atoms with Crippen LogP contribution in [0.15, 0.2) is 102 Å². The maximum atomic E-state index is 12.5. The Balaban J connectivity index is 0.000000204. The molecule has 0 spiro atoms. The van der Waals surface area contributed by atoms with Crippen LogP contribution in [0.5, 0.6) is 0 Å². The molecule has 0 saturated heterocycles. The summed E-state index contributed by atoms with van der Waals surface area (Å²) in [6.45, 7) is 0.837. The number of nitrogens with two attached hydrogens (primary N) is 1. The van der Waals surface area contributed by atoms with Crippen LogP contribution in [0.2, 0.25) is 0 Å². The number of thiol groups is 1. The van der Waals surface area contributed by atoms with Gasteiger partial charge in [0.1, 0.15) is 11.5 Å². The van der Waals surface area contributed by atoms with Crippen molar-refractivity contribution in [3.05, 3.63) is 109 Å². The Hall–Kier alpha value is -3.82. The minimum Gasteiger partial charge on any atom is -0.382 e. The fraction of sp³-hybridized carbons (Fsp3) is 0.0769. The Bertz CT molecular complexity index is 1420. The molecule has 5 aromatic rings. The molecule has 9 heteroatoms. The second-order valence-corrected chi connectivity index (χ2v) is 8.08. The van der Waals surface area contributed by atoms with E-state index in [1.165, 1.54) is 34.7 Å². The van der Waals surface area contributed by atoms with Crippen molar-refractivity contribution in [1.82, 2.24) is 14.5 Å². The number of nitrogens with zero attached hydrogens (tertiary/aromatic N) is 3. The molecule has 0 bridgehead atoms. The third-order valence-corrected chi connectivity index (χ3v) is 5.69. The number of anilines is 1. The molecule has 2 heterocycles. The Labute approximate surface area is 205 Å². The van der Waals surface area contributed by atoms with Crippen molar-refractivity contribution in [2.75, 3.05) is 5.73 Å². The molecule has 0 amide bonds. The summed E-state index contributed by atoms with van der Waals surface area (Å²) in [5, 5.41) is 1.26. The predicted molar refractivity (Wildman–Crippen MR) is 133 cm³/mol. The standard InChI is InChI=1S/C19H16N4.C7H5F3OS/c20-19-18(21-10-11-22-19)16-7-5-14(6-8-16)13-23-12-9-15-3-1-2-4-17(15)23;8-7(9,11-10)5-3-1-2-4-6(5)12/h1-12H,13H2,(H2,20,22);1-4,12H. The van der Waals surface area contributed by atoms with Gasteiger partial charge in [0.15, 0.2) is 0 Å². The molecule has 0 aliphatic rings. The number of para-hydroxylation sites is 1. The number of halogens is 3. The summed E-state index contributed by atoms with van der Waals surface area (Å²) in [4.78, 5) is 10.9. The molecule has 2 aromatic heterocycles. The number of alkyl halides is 2. The highest BCUT2D eigenvalue weighted by atomic mass is 32.1. The van der Waals surface area contributed by atoms with Crippen LogP contribution in [-0.4, -0.2) is 14.5 Å². The van der Waals surface area contributed by atoms with E-state index in [2.05, 4.69) is 80.8 Å². The largest absolute Gasteiger partial charge is 0.414 e. The maximum absolute atomic E-state index is 12.5. The van der Waals surface area contributed by atoms with Gasteiger partial charge < -0.3 is 10.3 Å². The van der Waals surface area contributed by atoms with Gasteiger partial charge in [0.25, 0.3) is 0 Å². The number of benzene rings is 3. The zero-order valence-electron chi connectivity index (χ0n) is 18.4. The molecule has 0 saturated carbocycles. The highest BCUT2D eigenvalue weighted by Gasteiger charge is 2.35. The Morgan fingerprint density at radius 2 is 1.57 bits per heavy atom. The van der Waals surface area contributed by atoms with E-state index in [4.69, 9.17) is 5.73 Å². The maximum Gasteiger partial charge on any atom is 0.414 e. The summed E-state index contributed by atoms with van der Waals surface area (Å²) >= 11 is 3.72. The average Bonchev–Trinajstić information content (AvgIpc) is 3.28. The molecule has 0 atom stereocenters. The summed E-state index contributed by atoms with van der Waals surface area (Å²) in [5.74, 6) is 0.455. The second-order valence-electron chi connectivity index (χ2n) is 7.60. The van der Waals surface area contributed by atoms with Crippen molar-refractivity contribution in [3.63, 3.8) is 0 Å². The summed E-state index contributed by atoms with van der Waals surface area (Å²) in [7, 11) is 0. The van der Waals surface area contributed by atoms with Crippen molar-refractivity contribution < 1.29 is 18.2 Å². The highest BCUT2D eigenvalue weighted by Crippen LogP contribution is 2.33. The molecule has 5 rings (SSSR count). The van der Waals surface area contributed by atoms with Gasteiger partial charge >= 0.3 is 6.11 Å². The van der Waals surface area contributed by atoms with E-state index in [-0.39, 0.29) is 4.90 Å². The van der Waals surface area contributed by atoms with Crippen LogP contribution in [0, 0.1) is 0 Å². The van der Waals surface area contributed by atoms with E-state index < -0.39 is 11.7 Å². The molecule has 0 fully saturated rings. The first-order valence-electron chi connectivity index (χ1n) is 10.5. The van der Waals surface area contributed by atoms with Crippen LogP contribution >= 0.6 is 12.6 Å². The van der Waals surface area contributed by atoms with E-state index in [0.717, 1.165) is 23.9 Å². The van der Waals surface area contributed by atoms with Gasteiger partial charge in [0.05, 0.1) is 5.56 Å². The Kier molecular flexibility index (Phi) is 7.38. The molecule has 178 valence electrons. The first-order chi connectivity index (χ1) is 16.9. The number of hydrogen-bond donors (Lipinski definition) is 2. The number of nitrogen functional groups attached to an aromatic ring is 1. The summed E-state index contributed by atoms with van der Waals surface area (Å²) in [6, 6.07) is 24.1. The smallest absolute Gasteiger partial charge is 0.382 e. The summed E-state index contributed by atoms with van der Waals surface area (Å²) < 4.78 is 38.6. The monoisotopic (exact) mass is 494 g/mol. The second kappa shape index (κ2) is 10.6. The molecule has 2 N–H and O–H groups in total. The summed E-state index contributed by atoms with van der Waals surface area (Å²) in [6.07, 6.45) is 1.47. The van der Waals surface area contributed by atoms with Crippen LogP contribution in [0.3, 0.4) is 0 Å². The van der Waals surface area contributed by atoms with E-state index in [1.54, 1.807) is 12.4 Å². The Morgan fingerprint density at radius 1 is 0.886 bits per heavy atom. The van der Waals surface area contributed by atoms with Crippen molar-refractivity contribution in [2.24, 2.45) is 0 Å². The molecule has 0 unspecified atom stereocenters. The predicted octanol–water partition coefficient (Wildman–Crippen LogP) is 6.65. The van der Waals surface area contributed by atoms with Crippen LogP contribution in [0.4, 0.5) is 19.1 Å². The van der Waals surface area contributed by atoms with Gasteiger partial charge in [-0.05, 0) is 39.7 Å². The minimum absolute atomic E-state index is 0.0137. The molecule has 5 nitrogen and oxygen atoms in total. The van der Waals surface area contributed by atoms with E-state index in [9.17, 15) is 13.3 Å². The molecule has 0 radical (unpaired) electrons. The van der Waals surface area contributed by atoms with Crippen molar-refractivity contribution in [3.8, 4) is 11.3 Å². The van der Waals surface area contributed by atoms with Gasteiger partial charge in [-0.25, -0.2) is 4.98 Å². The van der Waals surface area contributed by atoms with Crippen LogP contribution in [-0.2, 0) is 17.6 Å². The lowest BCUT2D eigenvalue weighted by Gasteiger charge is -2.11. The third kappa shape index (κ3) is 5.64. The van der Waals surface area contributed by atoms with Crippen molar-refractivity contribution in [2.45, 2.75) is 17.5 Å². The molecule has 0 aliphatic heterocycles. The van der Waals surface area contributed by atoms with Gasteiger partial charge in [-0.2, -0.15) is 8.78 Å². The minimum atomic E-state index is -3.92. The van der Waals surface area contributed by atoms with Crippen molar-refractivity contribution in [1.29, 1.82) is 0 Å². The Morgan fingerprint density at radius 3 is 2.29 bits per heavy atom. The lowest BCUT2D eigenvalue weighted by molar-refractivity contribution is -0.365. The fourth-order valence-corrected chi connectivity index (χ4v) is 3.87. The molecular formula is C26H21F3N4OS. The number of fused-ring (bicyclic) bond motifs is 1. The lowest BCUT2D eigenvalue weighted by Crippen LogP contribution is -2.14. The zero-order valence-corrected chi connectivity index (χ0v) is 19.2. The van der Waals surface area contributed by atoms with Gasteiger partial charge in [-0.1, -0.05) is 54.6 Å². The number of hydrogen-bond acceptors (Lipinski definition) is 5. The van der Waals surface area contributed by atoms with Gasteiger partial charge in [0.2, 0.25) is 0 Å². The SMILES string of the molecule is FOC(F)(F)c1ccccc1S.Nc1nccnc1-c1ccc(Cn2ccc3ccccc32)cc1. The lowest BCUT2D eigenvalue weighted by atomic mass is 10.1. The van der Waals surface area contributed by atoms with Crippen LogP contribution in [0.1, 0.15) is 11.1 Å². The van der Waals surface area contributed by atoms with Gasteiger partial charge in [-0.3, -0.25) is 4.98 Å². The quantitative estimate of drug-likeness (QED) is 0.268. The van der Waals surface area contributed by atoms with Crippen LogP contribution < -0.4 is 5.73 Å². The molecule has 3 aromatic carbocycles. The molecule has 0 aliphatic carbocycles. The van der Waals surface area contributed by atoms with E-state index in [0.29, 0.717) is 5.82 Å². The first kappa shape index (κ1) is 24.3. The zero-order chi connectivity index (χ0) is 24.8. The number of rotatable bonds is 5. The van der Waals surface area contributed by atoms with Crippen molar-refractivity contribution >= 4 is 29.3 Å². The van der Waals surface area contributed by atoms with E-state index in [1.807, 2.05) is 12.1 Å². The van der Waals surface area contributed by atoms with Gasteiger partial charge in [-0.15, -0.1) is 17.6 Å². The van der Waals surface area contributed by atoms with Gasteiger partial charge in [0, 0.05) is 41.1 Å². The van der Waals surface area contributed by atoms with E-state index >= 15 is 0 Å². The number of aromatic nitrogens is 3. The highest BCUT2D eigenvalue weighted by molar-refractivity contribution is 7.80. The normalized spacial score (nSPS) is 11.2. The molecular weight excluding hydrogens is 473 g/mol. The molecule has 35 heavy (non-hydrogen) atoms. The van der Waals surface area contributed by atoms with Crippen LogP contribution in [0.25, 0.3) is 22.2 Å². The average molecular weight is 495 g/mol. The third-order valence-electron chi connectivity index (χ3n) is 5.30. The topological polar surface area (TPSA) is 66.0 Å². The first-order valence-corrected chi connectivity index (χ1v) is 11.0. The fourth-order valence-electron chi connectivity index (χ4n) is 3.58. The summed E-state index contributed by atoms with van der Waals surface area (Å²) in [5.41, 5.74) is 9.49.